The molecule has 2 aliphatic heterocycles. The van der Waals surface area contributed by atoms with E-state index in [1.54, 1.807) is 6.07 Å². The summed E-state index contributed by atoms with van der Waals surface area (Å²) in [6.45, 7) is 0. The van der Waals surface area contributed by atoms with Crippen LogP contribution in [0.5, 0.6) is 11.5 Å². The van der Waals surface area contributed by atoms with Gasteiger partial charge in [-0.05, 0) is 62.0 Å². The average molecular weight is 374 g/mol. The van der Waals surface area contributed by atoms with E-state index in [0.717, 1.165) is 29.2 Å². The molecule has 0 aromatic heterocycles. The van der Waals surface area contributed by atoms with Gasteiger partial charge in [0.25, 0.3) is 0 Å². The third-order valence-corrected chi connectivity index (χ3v) is 8.11. The van der Waals surface area contributed by atoms with Gasteiger partial charge in [0.15, 0.2) is 0 Å². The van der Waals surface area contributed by atoms with Gasteiger partial charge >= 0.3 is 5.97 Å². The van der Waals surface area contributed by atoms with Crippen LogP contribution < -0.4 is 4.74 Å². The Bertz CT molecular complexity index is 1070. The maximum absolute atomic E-state index is 13.3. The lowest BCUT2D eigenvalue weighted by Gasteiger charge is -2.58. The summed E-state index contributed by atoms with van der Waals surface area (Å²) in [7, 11) is 0. The van der Waals surface area contributed by atoms with Gasteiger partial charge in [0.05, 0.1) is 5.92 Å². The van der Waals surface area contributed by atoms with Gasteiger partial charge in [-0.15, -0.1) is 0 Å². The smallest absolute Gasteiger partial charge is 0.355 e. The lowest BCUT2D eigenvalue weighted by molar-refractivity contribution is -0.175. The molecule has 0 radical (unpaired) electrons. The molecule has 28 heavy (non-hydrogen) atoms. The molecule has 142 valence electrons. The van der Waals surface area contributed by atoms with Gasteiger partial charge < -0.3 is 14.6 Å². The highest BCUT2D eigenvalue weighted by Gasteiger charge is 2.73. The van der Waals surface area contributed by atoms with Crippen molar-refractivity contribution in [2.24, 2.45) is 23.7 Å². The summed E-state index contributed by atoms with van der Waals surface area (Å²) in [5.41, 5.74) is -0.537. The van der Waals surface area contributed by atoms with E-state index in [-0.39, 0.29) is 23.2 Å². The number of esters is 1. The fourth-order valence-electron chi connectivity index (χ4n) is 7.53. The molecule has 2 heterocycles. The Morgan fingerprint density at radius 1 is 1.00 bits per heavy atom. The second-order valence-corrected chi connectivity index (χ2v) is 9.63. The summed E-state index contributed by atoms with van der Waals surface area (Å²) >= 11 is 0. The zero-order valence-electron chi connectivity index (χ0n) is 15.6. The molecule has 4 heteroatoms. The first kappa shape index (κ1) is 15.4. The Hall–Kier alpha value is -2.49. The zero-order chi connectivity index (χ0) is 18.7. The standard InChI is InChI=1S/C24H22O4/c25-19-10-15-5-6-24(27-20(15)18-4-2-1-3-17(18)19)21-16-8-13-7-14(9-16)12-23(21,11-13)28-22(24)26/h1-6,10,13-14,16,21,25H,7-9,11-12H2. The number of phenols is 1. The highest BCUT2D eigenvalue weighted by atomic mass is 16.6. The third kappa shape index (κ3) is 1.67. The molecule has 4 nitrogen and oxygen atoms in total. The molecule has 1 saturated heterocycles. The van der Waals surface area contributed by atoms with E-state index >= 15 is 0 Å². The number of benzene rings is 2. The van der Waals surface area contributed by atoms with Gasteiger partial charge in [0, 0.05) is 16.3 Å². The van der Waals surface area contributed by atoms with Crippen molar-refractivity contribution in [1.82, 2.24) is 0 Å². The number of rotatable bonds is 0. The predicted octanol–water partition coefficient (Wildman–Crippen LogP) is 4.44. The van der Waals surface area contributed by atoms with Crippen LogP contribution in [0.3, 0.4) is 0 Å². The SMILES string of the molecule is O=C1OC23CC4CC(CC(C4)C2C12C=Cc1cc(O)c4ccccc4c1O2)C3. The molecule has 4 atom stereocenters. The van der Waals surface area contributed by atoms with Crippen LogP contribution in [0.2, 0.25) is 0 Å². The summed E-state index contributed by atoms with van der Waals surface area (Å²) in [6.07, 6.45) is 9.57. The number of ether oxygens (including phenoxy) is 2. The quantitative estimate of drug-likeness (QED) is 0.693. The number of phenolic OH excluding ortho intramolecular Hbond substituents is 1. The number of fused-ring (bicyclic) bond motifs is 3. The first-order valence-electron chi connectivity index (χ1n) is 10.4. The van der Waals surface area contributed by atoms with Crippen LogP contribution in [-0.2, 0) is 9.53 Å². The molecule has 2 aromatic carbocycles. The van der Waals surface area contributed by atoms with Crippen LogP contribution in [-0.4, -0.2) is 22.3 Å². The van der Waals surface area contributed by atoms with Crippen molar-refractivity contribution in [3.8, 4) is 11.5 Å². The van der Waals surface area contributed by atoms with E-state index in [4.69, 9.17) is 9.47 Å². The Labute approximate surface area is 163 Å². The number of carbonyl (C=O) groups excluding carboxylic acids is 1. The molecular formula is C24H22O4. The van der Waals surface area contributed by atoms with Crippen LogP contribution in [0.15, 0.2) is 36.4 Å². The molecule has 1 N–H and O–H groups in total. The second-order valence-electron chi connectivity index (χ2n) is 9.63. The zero-order valence-corrected chi connectivity index (χ0v) is 15.6. The van der Waals surface area contributed by atoms with Crippen LogP contribution in [0.1, 0.15) is 37.7 Å². The summed E-state index contributed by atoms with van der Waals surface area (Å²) in [5.74, 6) is 2.70. The lowest BCUT2D eigenvalue weighted by Crippen LogP contribution is -2.61. The van der Waals surface area contributed by atoms with Crippen LogP contribution in [0.25, 0.3) is 16.8 Å². The van der Waals surface area contributed by atoms with Gasteiger partial charge in [-0.1, -0.05) is 30.3 Å². The minimum absolute atomic E-state index is 0.0947. The van der Waals surface area contributed by atoms with E-state index in [1.807, 2.05) is 36.4 Å². The maximum atomic E-state index is 13.3. The molecule has 0 amide bonds. The monoisotopic (exact) mass is 374 g/mol. The topological polar surface area (TPSA) is 55.8 Å². The van der Waals surface area contributed by atoms with Gasteiger partial charge in [0.1, 0.15) is 17.1 Å². The van der Waals surface area contributed by atoms with Crippen molar-refractivity contribution in [3.63, 3.8) is 0 Å². The van der Waals surface area contributed by atoms with Crippen LogP contribution in [0, 0.1) is 23.7 Å². The number of carbonyl (C=O) groups is 1. The number of aromatic hydroxyl groups is 1. The first-order valence-corrected chi connectivity index (χ1v) is 10.4. The van der Waals surface area contributed by atoms with Gasteiger partial charge in [-0.2, -0.15) is 0 Å². The summed E-state index contributed by atoms with van der Waals surface area (Å²) in [6, 6.07) is 9.41. The van der Waals surface area contributed by atoms with E-state index in [1.165, 1.54) is 19.3 Å². The Balaban J connectivity index is 1.42. The summed E-state index contributed by atoms with van der Waals surface area (Å²) < 4.78 is 12.8. The van der Waals surface area contributed by atoms with Crippen molar-refractivity contribution in [3.05, 3.63) is 42.0 Å². The largest absolute Gasteiger partial charge is 0.507 e. The Kier molecular flexibility index (Phi) is 2.61. The third-order valence-electron chi connectivity index (χ3n) is 8.11. The van der Waals surface area contributed by atoms with Crippen molar-refractivity contribution >= 4 is 22.8 Å². The first-order chi connectivity index (χ1) is 13.6. The number of hydrogen-bond donors (Lipinski definition) is 1. The highest BCUT2D eigenvalue weighted by Crippen LogP contribution is 2.66. The molecule has 4 unspecified atom stereocenters. The molecule has 4 aliphatic carbocycles. The van der Waals surface area contributed by atoms with Gasteiger partial charge in [0.2, 0.25) is 5.60 Å². The summed E-state index contributed by atoms with van der Waals surface area (Å²) in [4.78, 5) is 13.3. The number of hydrogen-bond acceptors (Lipinski definition) is 4. The summed E-state index contributed by atoms with van der Waals surface area (Å²) in [5, 5.41) is 12.0. The van der Waals surface area contributed by atoms with Gasteiger partial charge in [-0.25, -0.2) is 4.79 Å². The molecule has 6 aliphatic rings. The molecule has 4 saturated carbocycles. The predicted molar refractivity (Wildman–Crippen MR) is 104 cm³/mol. The highest BCUT2D eigenvalue weighted by molar-refractivity contribution is 5.99. The van der Waals surface area contributed by atoms with Crippen molar-refractivity contribution < 1.29 is 19.4 Å². The molecule has 2 aromatic rings. The van der Waals surface area contributed by atoms with E-state index in [0.29, 0.717) is 23.5 Å². The molecule has 5 fully saturated rings. The van der Waals surface area contributed by atoms with Crippen LogP contribution in [0.4, 0.5) is 0 Å². The Morgan fingerprint density at radius 3 is 2.54 bits per heavy atom. The van der Waals surface area contributed by atoms with Crippen LogP contribution >= 0.6 is 0 Å². The van der Waals surface area contributed by atoms with E-state index in [9.17, 15) is 9.90 Å². The minimum atomic E-state index is -1.02. The fourth-order valence-corrected chi connectivity index (χ4v) is 7.53. The second kappa shape index (κ2) is 4.73. The maximum Gasteiger partial charge on any atom is 0.355 e. The van der Waals surface area contributed by atoms with E-state index in [2.05, 4.69) is 0 Å². The molecule has 2 spiro atoms. The lowest BCUT2D eigenvalue weighted by atomic mass is 9.47. The molecule has 8 rings (SSSR count). The van der Waals surface area contributed by atoms with Crippen molar-refractivity contribution in [2.75, 3.05) is 0 Å². The molecule has 4 bridgehead atoms. The Morgan fingerprint density at radius 2 is 1.75 bits per heavy atom. The van der Waals surface area contributed by atoms with Gasteiger partial charge in [-0.3, -0.25) is 0 Å². The normalized spacial score (nSPS) is 41.8. The van der Waals surface area contributed by atoms with Crippen molar-refractivity contribution in [1.29, 1.82) is 0 Å². The molecular weight excluding hydrogens is 352 g/mol. The van der Waals surface area contributed by atoms with E-state index < -0.39 is 5.60 Å². The fraction of sp³-hybridized carbons (Fsp3) is 0.458. The van der Waals surface area contributed by atoms with Crippen molar-refractivity contribution in [2.45, 2.75) is 43.3 Å². The minimum Gasteiger partial charge on any atom is -0.507 e. The average Bonchev–Trinajstić information content (AvgIpc) is 2.90.